The zero-order chi connectivity index (χ0) is 22.1. The first-order chi connectivity index (χ1) is 15.4. The van der Waals surface area contributed by atoms with Crippen LogP contribution in [0, 0.1) is 17.3 Å². The molecule has 5 aliphatic rings. The number of nitrogens with zero attached hydrogens (tertiary/aromatic N) is 2. The highest BCUT2D eigenvalue weighted by atomic mass is 35.5. The van der Waals surface area contributed by atoms with Gasteiger partial charge in [-0.15, -0.1) is 0 Å². The summed E-state index contributed by atoms with van der Waals surface area (Å²) < 4.78 is 12.2. The first kappa shape index (κ1) is 19.9. The number of carboxylic acid groups (broad SMARTS) is 1. The van der Waals surface area contributed by atoms with Gasteiger partial charge in [-0.1, -0.05) is 17.7 Å². The molecule has 8 nitrogen and oxygen atoms in total. The number of aromatic nitrogens is 2. The van der Waals surface area contributed by atoms with Crippen molar-refractivity contribution in [1.82, 2.24) is 9.78 Å². The topological polar surface area (TPSA) is 106 Å². The van der Waals surface area contributed by atoms with E-state index in [0.29, 0.717) is 43.0 Å². The van der Waals surface area contributed by atoms with Crippen LogP contribution in [0.2, 0.25) is 5.02 Å². The van der Waals surface area contributed by atoms with Crippen molar-refractivity contribution in [2.24, 2.45) is 17.3 Å². The number of ether oxygens (including phenoxy) is 2. The molecule has 168 valence electrons. The average Bonchev–Trinajstić information content (AvgIpc) is 3.21. The van der Waals surface area contributed by atoms with Crippen molar-refractivity contribution >= 4 is 23.3 Å². The van der Waals surface area contributed by atoms with Gasteiger partial charge in [-0.3, -0.25) is 4.79 Å². The highest BCUT2D eigenvalue weighted by Crippen LogP contribution is 2.63. The number of benzene rings is 1. The minimum absolute atomic E-state index is 0.0685. The van der Waals surface area contributed by atoms with Crippen LogP contribution in [-0.4, -0.2) is 22.5 Å². The quantitative estimate of drug-likeness (QED) is 0.735. The molecule has 0 saturated heterocycles. The number of carbonyl (C=O) groups is 1. The molecular formula is C23H23ClN3O5-. The Kier molecular flexibility index (Phi) is 4.28. The summed E-state index contributed by atoms with van der Waals surface area (Å²) in [7, 11) is 0. The van der Waals surface area contributed by atoms with Crippen LogP contribution in [0.1, 0.15) is 44.1 Å². The maximum Gasteiger partial charge on any atom is 0.288 e. The summed E-state index contributed by atoms with van der Waals surface area (Å²) in [5.74, 6) is 0.974. The third kappa shape index (κ3) is 2.92. The molecular weight excluding hydrogens is 434 g/mol. The zero-order valence-electron chi connectivity index (χ0n) is 17.4. The van der Waals surface area contributed by atoms with Crippen molar-refractivity contribution in [2.45, 2.75) is 50.6 Å². The number of hydrogen-bond acceptors (Lipinski definition) is 7. The van der Waals surface area contributed by atoms with Gasteiger partial charge in [0.15, 0.2) is 11.5 Å². The van der Waals surface area contributed by atoms with E-state index in [-0.39, 0.29) is 29.2 Å². The molecule has 2 heterocycles. The Balaban J connectivity index is 1.28. The Morgan fingerprint density at radius 3 is 2.72 bits per heavy atom. The molecule has 4 saturated carbocycles. The second kappa shape index (κ2) is 6.88. The van der Waals surface area contributed by atoms with Crippen molar-refractivity contribution < 1.29 is 19.4 Å². The summed E-state index contributed by atoms with van der Waals surface area (Å²) in [5.41, 5.74) is -0.427. The molecule has 32 heavy (non-hydrogen) atoms. The van der Waals surface area contributed by atoms with Gasteiger partial charge in [0.2, 0.25) is 6.79 Å². The van der Waals surface area contributed by atoms with Crippen LogP contribution in [0.15, 0.2) is 29.2 Å². The summed E-state index contributed by atoms with van der Waals surface area (Å²) in [4.78, 5) is 25.3. The molecule has 1 aromatic carbocycles. The second-order valence-corrected chi connectivity index (χ2v) is 10.3. The van der Waals surface area contributed by atoms with Crippen LogP contribution in [0.4, 0.5) is 5.69 Å². The summed E-state index contributed by atoms with van der Waals surface area (Å²) in [6.07, 6.45) is 5.81. The summed E-state index contributed by atoms with van der Waals surface area (Å²) in [6.45, 7) is 0.646. The van der Waals surface area contributed by atoms with E-state index in [1.54, 1.807) is 6.20 Å². The second-order valence-electron chi connectivity index (χ2n) is 9.88. The van der Waals surface area contributed by atoms with Gasteiger partial charge in [0, 0.05) is 17.9 Å². The number of anilines is 1. The minimum Gasteiger partial charge on any atom is -0.550 e. The van der Waals surface area contributed by atoms with E-state index in [1.807, 2.05) is 18.2 Å². The standard InChI is InChI=1S/C23H24ClN3O5/c24-19-16(25-9-13-1-2-17-18(4-13)32-12-31-17)10-26-27(20(19)28)23-7-14-3-15(8-23)6-22(5-14,11-23)21(29)30/h1-2,4,10,14-15,25H,3,5-9,11-12H2,(H,29,30)/p-1/t14-,15+,22?,23?. The lowest BCUT2D eigenvalue weighted by atomic mass is 9.47. The number of hydrogen-bond donors (Lipinski definition) is 1. The van der Waals surface area contributed by atoms with Gasteiger partial charge >= 0.3 is 0 Å². The Morgan fingerprint density at radius 1 is 1.22 bits per heavy atom. The molecule has 4 fully saturated rings. The van der Waals surface area contributed by atoms with Gasteiger partial charge in [-0.25, -0.2) is 4.68 Å². The van der Waals surface area contributed by atoms with Crippen molar-refractivity contribution in [1.29, 1.82) is 0 Å². The lowest BCUT2D eigenvalue weighted by molar-refractivity contribution is -0.329. The normalized spacial score (nSPS) is 31.7. The number of carboxylic acids is 1. The fraction of sp³-hybridized carbons (Fsp3) is 0.522. The summed E-state index contributed by atoms with van der Waals surface area (Å²) in [6, 6.07) is 5.64. The molecule has 9 heteroatoms. The highest BCUT2D eigenvalue weighted by Gasteiger charge is 2.60. The number of rotatable bonds is 5. The van der Waals surface area contributed by atoms with Crippen LogP contribution in [0.3, 0.4) is 0 Å². The SMILES string of the molecule is O=C([O-])C12C[C@H]3C[C@@H](C1)CC(n1ncc(NCc4ccc5c(c4)OCO5)c(Cl)c1=O)(C3)C2. The molecule has 0 amide bonds. The van der Waals surface area contributed by atoms with Gasteiger partial charge in [0.1, 0.15) is 5.02 Å². The molecule has 2 unspecified atom stereocenters. The van der Waals surface area contributed by atoms with Crippen LogP contribution < -0.4 is 25.5 Å². The van der Waals surface area contributed by atoms with E-state index in [1.165, 1.54) is 4.68 Å². The van der Waals surface area contributed by atoms with E-state index < -0.39 is 16.9 Å². The smallest absolute Gasteiger partial charge is 0.288 e. The fourth-order valence-corrected chi connectivity index (χ4v) is 7.04. The van der Waals surface area contributed by atoms with E-state index in [9.17, 15) is 14.7 Å². The zero-order valence-corrected chi connectivity index (χ0v) is 18.2. The van der Waals surface area contributed by atoms with E-state index >= 15 is 0 Å². The molecule has 1 aliphatic heterocycles. The third-order valence-corrected chi connectivity index (χ3v) is 8.12. The van der Waals surface area contributed by atoms with Crippen molar-refractivity contribution in [3.63, 3.8) is 0 Å². The minimum atomic E-state index is -0.989. The number of fused-ring (bicyclic) bond motifs is 1. The van der Waals surface area contributed by atoms with Gasteiger partial charge in [0.05, 0.1) is 17.4 Å². The molecule has 2 aromatic rings. The molecule has 0 radical (unpaired) electrons. The Labute approximate surface area is 189 Å². The fourth-order valence-electron chi connectivity index (χ4n) is 6.84. The van der Waals surface area contributed by atoms with Gasteiger partial charge in [-0.05, 0) is 68.1 Å². The summed E-state index contributed by atoms with van der Waals surface area (Å²) in [5, 5.41) is 19.8. The van der Waals surface area contributed by atoms with Crippen molar-refractivity contribution in [3.8, 4) is 11.5 Å². The largest absolute Gasteiger partial charge is 0.550 e. The van der Waals surface area contributed by atoms with E-state index in [2.05, 4.69) is 10.4 Å². The average molecular weight is 457 g/mol. The number of nitrogens with one attached hydrogen (secondary N) is 1. The van der Waals surface area contributed by atoms with Crippen LogP contribution in [0.5, 0.6) is 11.5 Å². The molecule has 1 aromatic heterocycles. The van der Waals surface area contributed by atoms with E-state index in [4.69, 9.17) is 21.1 Å². The van der Waals surface area contributed by atoms with Gasteiger partial charge in [-0.2, -0.15) is 5.10 Å². The first-order valence-corrected chi connectivity index (χ1v) is 11.4. The maximum atomic E-state index is 13.3. The number of carbonyl (C=O) groups excluding carboxylic acids is 1. The summed E-state index contributed by atoms with van der Waals surface area (Å²) >= 11 is 6.49. The predicted octanol–water partition coefficient (Wildman–Crippen LogP) is 2.28. The van der Waals surface area contributed by atoms with Crippen LogP contribution in [0.25, 0.3) is 0 Å². The number of halogens is 1. The molecule has 0 spiro atoms. The molecule has 1 N–H and O–H groups in total. The van der Waals surface area contributed by atoms with Crippen LogP contribution >= 0.6 is 11.6 Å². The van der Waals surface area contributed by atoms with Crippen molar-refractivity contribution in [2.75, 3.05) is 12.1 Å². The number of aliphatic carboxylic acids is 1. The highest BCUT2D eigenvalue weighted by molar-refractivity contribution is 6.32. The van der Waals surface area contributed by atoms with Crippen molar-refractivity contribution in [3.05, 3.63) is 45.3 Å². The Hall–Kier alpha value is -2.74. The van der Waals surface area contributed by atoms with Gasteiger partial charge in [0.25, 0.3) is 5.56 Å². The lowest BCUT2D eigenvalue weighted by Gasteiger charge is -2.62. The maximum absolute atomic E-state index is 13.3. The Bertz CT molecular complexity index is 1160. The van der Waals surface area contributed by atoms with Gasteiger partial charge < -0.3 is 24.7 Å². The Morgan fingerprint density at radius 2 is 1.97 bits per heavy atom. The first-order valence-electron chi connectivity index (χ1n) is 11.0. The predicted molar refractivity (Wildman–Crippen MR) is 113 cm³/mol. The molecule has 7 rings (SSSR count). The monoisotopic (exact) mass is 456 g/mol. The lowest BCUT2D eigenvalue weighted by Crippen LogP contribution is -2.63. The van der Waals surface area contributed by atoms with E-state index in [0.717, 1.165) is 24.8 Å². The third-order valence-electron chi connectivity index (χ3n) is 7.75. The molecule has 4 atom stereocenters. The van der Waals surface area contributed by atoms with Crippen LogP contribution in [-0.2, 0) is 16.9 Å². The molecule has 4 bridgehead atoms. The molecule has 4 aliphatic carbocycles.